The van der Waals surface area contributed by atoms with E-state index in [0.29, 0.717) is 24.3 Å². The van der Waals surface area contributed by atoms with E-state index >= 15 is 0 Å². The van der Waals surface area contributed by atoms with E-state index in [-0.39, 0.29) is 11.5 Å². The van der Waals surface area contributed by atoms with Crippen molar-refractivity contribution >= 4 is 28.6 Å². The van der Waals surface area contributed by atoms with Gasteiger partial charge in [0.25, 0.3) is 5.91 Å². The van der Waals surface area contributed by atoms with Gasteiger partial charge in [0.05, 0.1) is 42.3 Å². The molecule has 246 valence electrons. The predicted molar refractivity (Wildman–Crippen MR) is 189 cm³/mol. The first-order chi connectivity index (χ1) is 23.8. The number of carbonyl (C=O) groups is 2. The fraction of sp³-hybridized carbons (Fsp3) is 0.132. The number of amides is 1. The monoisotopic (exact) mass is 652 g/mol. The minimum atomic E-state index is -0.950. The highest BCUT2D eigenvalue weighted by Gasteiger charge is 2.14. The zero-order valence-corrected chi connectivity index (χ0v) is 27.2. The summed E-state index contributed by atoms with van der Waals surface area (Å²) in [5.41, 5.74) is 7.68. The fourth-order valence-corrected chi connectivity index (χ4v) is 5.34. The third-order valence-electron chi connectivity index (χ3n) is 7.69. The Labute approximate surface area is 283 Å². The van der Waals surface area contributed by atoms with Gasteiger partial charge >= 0.3 is 5.97 Å². The Hall–Kier alpha value is -6.33. The van der Waals surface area contributed by atoms with Gasteiger partial charge in [-0.15, -0.1) is 0 Å². The summed E-state index contributed by atoms with van der Waals surface area (Å²) < 4.78 is 3.37. The normalized spacial score (nSPS) is 10.9. The maximum absolute atomic E-state index is 12.9. The first-order valence-corrected chi connectivity index (χ1v) is 15.7. The van der Waals surface area contributed by atoms with Crippen LogP contribution in [-0.4, -0.2) is 65.5 Å². The number of carbonyl (C=O) groups excluding carboxylic acids is 1. The molecule has 7 aromatic rings. The van der Waals surface area contributed by atoms with Crippen LogP contribution in [0.2, 0.25) is 0 Å². The number of benzene rings is 3. The smallest absolute Gasteiger partial charge is 0.338 e. The van der Waals surface area contributed by atoms with Gasteiger partial charge in [0.1, 0.15) is 5.65 Å². The molecule has 4 heterocycles. The second kappa shape index (κ2) is 15.1. The summed E-state index contributed by atoms with van der Waals surface area (Å²) in [4.78, 5) is 33.4. The Kier molecular flexibility index (Phi) is 10.0. The quantitative estimate of drug-likeness (QED) is 0.155. The zero-order valence-electron chi connectivity index (χ0n) is 27.2. The molecule has 0 bridgehead atoms. The van der Waals surface area contributed by atoms with E-state index in [2.05, 4.69) is 74.8 Å². The van der Waals surface area contributed by atoms with Crippen molar-refractivity contribution in [3.8, 4) is 11.1 Å². The molecule has 4 aromatic heterocycles. The SMILES string of the molecule is CN(C)Cc1cccc(-c2cnc3[nH]cc(NC(=O)c4cnn(Cc5ccccc5)c4)c3c2)c1.O=C(O)c1cnn(Cc2ccccc2)c1. The number of nitrogens with one attached hydrogen (secondary N) is 2. The van der Waals surface area contributed by atoms with Crippen molar-refractivity contribution in [3.63, 3.8) is 0 Å². The molecule has 0 aliphatic heterocycles. The average molecular weight is 653 g/mol. The fourth-order valence-electron chi connectivity index (χ4n) is 5.34. The lowest BCUT2D eigenvalue weighted by atomic mass is 10.0. The number of rotatable bonds is 10. The van der Waals surface area contributed by atoms with Crippen LogP contribution >= 0.6 is 0 Å². The number of hydrogen-bond donors (Lipinski definition) is 3. The molecule has 11 heteroatoms. The highest BCUT2D eigenvalue weighted by molar-refractivity contribution is 6.08. The second-order valence-electron chi connectivity index (χ2n) is 11.8. The summed E-state index contributed by atoms with van der Waals surface area (Å²) >= 11 is 0. The number of carboxylic acids is 1. The molecule has 0 spiro atoms. The molecule has 0 aliphatic carbocycles. The van der Waals surface area contributed by atoms with Gasteiger partial charge in [-0.1, -0.05) is 78.9 Å². The van der Waals surface area contributed by atoms with E-state index in [9.17, 15) is 9.59 Å². The Morgan fingerprint density at radius 1 is 0.755 bits per heavy atom. The number of carboxylic acid groups (broad SMARTS) is 1. The van der Waals surface area contributed by atoms with Crippen LogP contribution < -0.4 is 5.32 Å². The number of H-pyrrole nitrogens is 1. The van der Waals surface area contributed by atoms with E-state index in [1.54, 1.807) is 28.0 Å². The van der Waals surface area contributed by atoms with Crippen molar-refractivity contribution in [1.29, 1.82) is 0 Å². The summed E-state index contributed by atoms with van der Waals surface area (Å²) in [5, 5.41) is 20.9. The van der Waals surface area contributed by atoms with Crippen LogP contribution in [-0.2, 0) is 19.6 Å². The van der Waals surface area contributed by atoms with Crippen molar-refractivity contribution in [2.45, 2.75) is 19.6 Å². The van der Waals surface area contributed by atoms with Gasteiger partial charge in [0.2, 0.25) is 0 Å². The molecule has 3 N–H and O–H groups in total. The lowest BCUT2D eigenvalue weighted by Gasteiger charge is -2.11. The van der Waals surface area contributed by atoms with Crippen molar-refractivity contribution in [2.75, 3.05) is 19.4 Å². The van der Waals surface area contributed by atoms with Crippen molar-refractivity contribution in [1.82, 2.24) is 34.4 Å². The van der Waals surface area contributed by atoms with Gasteiger partial charge in [0.15, 0.2) is 0 Å². The van der Waals surface area contributed by atoms with Crippen molar-refractivity contribution in [2.24, 2.45) is 0 Å². The molecule has 1 amide bonds. The molecule has 0 fully saturated rings. The highest BCUT2D eigenvalue weighted by Crippen LogP contribution is 2.28. The summed E-state index contributed by atoms with van der Waals surface area (Å²) in [6.07, 6.45) is 9.85. The average Bonchev–Trinajstić information content (AvgIpc) is 3.87. The van der Waals surface area contributed by atoms with E-state index in [4.69, 9.17) is 5.11 Å². The lowest BCUT2D eigenvalue weighted by molar-refractivity contribution is 0.0696. The number of aromatic nitrogens is 6. The van der Waals surface area contributed by atoms with Gasteiger partial charge in [-0.3, -0.25) is 14.2 Å². The first kappa shape index (κ1) is 32.6. The number of aromatic carboxylic acids is 1. The van der Waals surface area contributed by atoms with Crippen LogP contribution in [0.3, 0.4) is 0 Å². The predicted octanol–water partition coefficient (Wildman–Crippen LogP) is 6.42. The van der Waals surface area contributed by atoms with E-state index in [1.165, 1.54) is 18.0 Å². The second-order valence-corrected chi connectivity index (χ2v) is 11.8. The summed E-state index contributed by atoms with van der Waals surface area (Å²) in [5.74, 6) is -1.16. The molecule has 0 radical (unpaired) electrons. The summed E-state index contributed by atoms with van der Waals surface area (Å²) in [6, 6.07) is 30.3. The van der Waals surface area contributed by atoms with Crippen LogP contribution in [0.25, 0.3) is 22.2 Å². The summed E-state index contributed by atoms with van der Waals surface area (Å²) in [6.45, 7) is 2.07. The third-order valence-corrected chi connectivity index (χ3v) is 7.69. The zero-order chi connectivity index (χ0) is 34.2. The molecule has 0 aliphatic rings. The molecule has 49 heavy (non-hydrogen) atoms. The molecule has 0 saturated heterocycles. The lowest BCUT2D eigenvalue weighted by Crippen LogP contribution is -2.11. The molecule has 0 saturated carbocycles. The number of aromatic amines is 1. The Balaban J connectivity index is 0.000000232. The number of pyridine rings is 1. The maximum Gasteiger partial charge on any atom is 0.338 e. The van der Waals surface area contributed by atoms with Crippen LogP contribution in [0.5, 0.6) is 0 Å². The molecule has 11 nitrogen and oxygen atoms in total. The number of hydrogen-bond acceptors (Lipinski definition) is 6. The first-order valence-electron chi connectivity index (χ1n) is 15.7. The third kappa shape index (κ3) is 8.53. The largest absolute Gasteiger partial charge is 0.478 e. The number of anilines is 1. The van der Waals surface area contributed by atoms with Gasteiger partial charge in [-0.05, 0) is 48.5 Å². The van der Waals surface area contributed by atoms with Gasteiger partial charge in [-0.2, -0.15) is 10.2 Å². The molecular formula is C38H36N8O3. The minimum absolute atomic E-state index is 0.210. The summed E-state index contributed by atoms with van der Waals surface area (Å²) in [7, 11) is 4.11. The van der Waals surface area contributed by atoms with Crippen LogP contribution in [0.4, 0.5) is 5.69 Å². The Morgan fingerprint density at radius 2 is 1.37 bits per heavy atom. The molecule has 0 unspecified atom stereocenters. The molecular weight excluding hydrogens is 616 g/mol. The molecule has 0 atom stereocenters. The van der Waals surface area contributed by atoms with E-state index < -0.39 is 5.97 Å². The topological polar surface area (TPSA) is 134 Å². The number of nitrogens with zero attached hydrogens (tertiary/aromatic N) is 6. The van der Waals surface area contributed by atoms with Crippen molar-refractivity contribution < 1.29 is 14.7 Å². The van der Waals surface area contributed by atoms with Crippen LogP contribution in [0.1, 0.15) is 37.4 Å². The molecule has 3 aromatic carbocycles. The van der Waals surface area contributed by atoms with E-state index in [1.807, 2.05) is 66.9 Å². The van der Waals surface area contributed by atoms with Crippen LogP contribution in [0, 0.1) is 0 Å². The Morgan fingerprint density at radius 3 is 1.98 bits per heavy atom. The van der Waals surface area contributed by atoms with E-state index in [0.717, 1.165) is 39.8 Å². The number of fused-ring (bicyclic) bond motifs is 1. The standard InChI is InChI=1S/C27H26N6O.C11H10N2O2/c1-32(2)16-20-9-6-10-21(11-20)22-12-24-25(15-29-26(24)28-13-22)31-27(34)23-14-30-33(18-23)17-19-7-4-3-5-8-19;14-11(15)10-6-12-13(8-10)7-9-4-2-1-3-5-9/h3-15,18H,16-17H2,1-2H3,(H,28,29)(H,31,34);1-6,8H,7H2,(H,14,15). The maximum atomic E-state index is 12.9. The van der Waals surface area contributed by atoms with Gasteiger partial charge in [0, 0.05) is 42.3 Å². The minimum Gasteiger partial charge on any atom is -0.478 e. The van der Waals surface area contributed by atoms with Crippen molar-refractivity contribution in [3.05, 3.63) is 156 Å². The van der Waals surface area contributed by atoms with Gasteiger partial charge in [-0.25, -0.2) is 9.78 Å². The van der Waals surface area contributed by atoms with Crippen LogP contribution in [0.15, 0.2) is 128 Å². The van der Waals surface area contributed by atoms with Gasteiger partial charge < -0.3 is 20.3 Å². The Bertz CT molecular complexity index is 2170. The highest BCUT2D eigenvalue weighted by atomic mass is 16.4. The molecule has 7 rings (SSSR count).